The van der Waals surface area contributed by atoms with Gasteiger partial charge in [-0.15, -0.1) is 0 Å². The SMILES string of the molecule is COC(C)C(=O)N(C)Cc1ccccn1. The smallest absolute Gasteiger partial charge is 0.251 e. The lowest BCUT2D eigenvalue weighted by Gasteiger charge is -2.19. The molecule has 0 saturated heterocycles. The lowest BCUT2D eigenvalue weighted by molar-refractivity contribution is -0.140. The standard InChI is InChI=1S/C11H16N2O2/c1-9(15-3)11(14)13(2)8-10-6-4-5-7-12-10/h4-7,9H,8H2,1-3H3. The van der Waals surface area contributed by atoms with Crippen molar-refractivity contribution in [1.29, 1.82) is 0 Å². The van der Waals surface area contributed by atoms with Gasteiger partial charge in [-0.2, -0.15) is 0 Å². The van der Waals surface area contributed by atoms with Crippen LogP contribution in [0.2, 0.25) is 0 Å². The Hall–Kier alpha value is -1.42. The average molecular weight is 208 g/mol. The summed E-state index contributed by atoms with van der Waals surface area (Å²) in [6, 6.07) is 5.64. The first-order chi connectivity index (χ1) is 7.15. The van der Waals surface area contributed by atoms with Crippen molar-refractivity contribution in [1.82, 2.24) is 9.88 Å². The summed E-state index contributed by atoms with van der Waals surface area (Å²) in [4.78, 5) is 17.4. The van der Waals surface area contributed by atoms with Gasteiger partial charge in [0.1, 0.15) is 6.10 Å². The van der Waals surface area contributed by atoms with E-state index in [1.165, 1.54) is 7.11 Å². The Morgan fingerprint density at radius 3 is 2.87 bits per heavy atom. The van der Waals surface area contributed by atoms with Gasteiger partial charge < -0.3 is 9.64 Å². The molecule has 0 saturated carbocycles. The number of hydrogen-bond donors (Lipinski definition) is 0. The molecule has 1 rings (SSSR count). The third kappa shape index (κ3) is 3.32. The number of methoxy groups -OCH3 is 1. The molecule has 0 aromatic carbocycles. The van der Waals surface area contributed by atoms with Crippen LogP contribution in [0.25, 0.3) is 0 Å². The number of carbonyl (C=O) groups is 1. The minimum atomic E-state index is -0.404. The van der Waals surface area contributed by atoms with Gasteiger partial charge in [0.05, 0.1) is 12.2 Å². The van der Waals surface area contributed by atoms with E-state index in [1.807, 2.05) is 18.2 Å². The summed E-state index contributed by atoms with van der Waals surface area (Å²) >= 11 is 0. The molecule has 0 aliphatic heterocycles. The molecule has 1 heterocycles. The van der Waals surface area contributed by atoms with E-state index in [9.17, 15) is 4.79 Å². The molecule has 82 valence electrons. The normalized spacial score (nSPS) is 12.2. The topological polar surface area (TPSA) is 42.4 Å². The zero-order valence-corrected chi connectivity index (χ0v) is 9.30. The molecule has 0 radical (unpaired) electrons. The molecule has 0 aliphatic carbocycles. The minimum Gasteiger partial charge on any atom is -0.372 e. The molecular formula is C11H16N2O2. The third-order valence-corrected chi connectivity index (χ3v) is 2.20. The molecule has 4 heteroatoms. The van der Waals surface area contributed by atoms with Crippen LogP contribution in [-0.4, -0.2) is 36.1 Å². The van der Waals surface area contributed by atoms with E-state index < -0.39 is 6.10 Å². The number of pyridine rings is 1. The van der Waals surface area contributed by atoms with Crippen LogP contribution < -0.4 is 0 Å². The van der Waals surface area contributed by atoms with E-state index in [0.29, 0.717) is 6.54 Å². The first-order valence-corrected chi connectivity index (χ1v) is 4.83. The van der Waals surface area contributed by atoms with Crippen molar-refractivity contribution >= 4 is 5.91 Å². The van der Waals surface area contributed by atoms with E-state index in [2.05, 4.69) is 4.98 Å². The highest BCUT2D eigenvalue weighted by atomic mass is 16.5. The Kier molecular flexibility index (Phi) is 4.24. The molecular weight excluding hydrogens is 192 g/mol. The lowest BCUT2D eigenvalue weighted by atomic mass is 10.3. The number of aromatic nitrogens is 1. The van der Waals surface area contributed by atoms with Crippen molar-refractivity contribution < 1.29 is 9.53 Å². The fraction of sp³-hybridized carbons (Fsp3) is 0.455. The second-order valence-corrected chi connectivity index (χ2v) is 3.39. The number of carbonyl (C=O) groups excluding carboxylic acids is 1. The number of amides is 1. The fourth-order valence-electron chi connectivity index (χ4n) is 1.22. The van der Waals surface area contributed by atoms with Gasteiger partial charge in [0.15, 0.2) is 0 Å². The molecule has 0 fully saturated rings. The van der Waals surface area contributed by atoms with Crippen LogP contribution in [0.15, 0.2) is 24.4 Å². The second-order valence-electron chi connectivity index (χ2n) is 3.39. The molecule has 0 N–H and O–H groups in total. The number of hydrogen-bond acceptors (Lipinski definition) is 3. The van der Waals surface area contributed by atoms with Crippen molar-refractivity contribution in [2.24, 2.45) is 0 Å². The number of rotatable bonds is 4. The first-order valence-electron chi connectivity index (χ1n) is 4.83. The van der Waals surface area contributed by atoms with Crippen LogP contribution in [-0.2, 0) is 16.1 Å². The summed E-state index contributed by atoms with van der Waals surface area (Å²) in [7, 11) is 3.27. The quantitative estimate of drug-likeness (QED) is 0.743. The lowest BCUT2D eigenvalue weighted by Crippen LogP contribution is -2.35. The number of ether oxygens (including phenoxy) is 1. The van der Waals surface area contributed by atoms with Gasteiger partial charge in [-0.1, -0.05) is 6.07 Å². The summed E-state index contributed by atoms with van der Waals surface area (Å²) in [6.07, 6.45) is 1.31. The van der Waals surface area contributed by atoms with Gasteiger partial charge >= 0.3 is 0 Å². The molecule has 0 aliphatic rings. The molecule has 1 amide bonds. The van der Waals surface area contributed by atoms with Crippen LogP contribution in [0.4, 0.5) is 0 Å². The first kappa shape index (κ1) is 11.7. The zero-order valence-electron chi connectivity index (χ0n) is 9.30. The molecule has 0 bridgehead atoms. The van der Waals surface area contributed by atoms with Crippen molar-refractivity contribution in [3.63, 3.8) is 0 Å². The summed E-state index contributed by atoms with van der Waals surface area (Å²) < 4.78 is 4.96. The van der Waals surface area contributed by atoms with Gasteiger partial charge in [0.2, 0.25) is 0 Å². The molecule has 1 aromatic rings. The Morgan fingerprint density at radius 1 is 1.60 bits per heavy atom. The van der Waals surface area contributed by atoms with Gasteiger partial charge in [-0.05, 0) is 19.1 Å². The van der Waals surface area contributed by atoms with Crippen molar-refractivity contribution in [3.8, 4) is 0 Å². The molecule has 0 spiro atoms. The third-order valence-electron chi connectivity index (χ3n) is 2.20. The Labute approximate surface area is 89.9 Å². The van der Waals surface area contributed by atoms with Gasteiger partial charge in [0.25, 0.3) is 5.91 Å². The predicted molar refractivity (Wildman–Crippen MR) is 57.2 cm³/mol. The molecule has 4 nitrogen and oxygen atoms in total. The maximum atomic E-state index is 11.7. The summed E-state index contributed by atoms with van der Waals surface area (Å²) in [5.41, 5.74) is 0.872. The summed E-state index contributed by atoms with van der Waals surface area (Å²) in [5.74, 6) is -0.0387. The van der Waals surface area contributed by atoms with Crippen LogP contribution >= 0.6 is 0 Å². The summed E-state index contributed by atoms with van der Waals surface area (Å²) in [6.45, 7) is 2.24. The van der Waals surface area contributed by atoms with E-state index in [1.54, 1.807) is 25.1 Å². The maximum Gasteiger partial charge on any atom is 0.251 e. The largest absolute Gasteiger partial charge is 0.372 e. The van der Waals surface area contributed by atoms with Gasteiger partial charge in [0, 0.05) is 20.4 Å². The Balaban J connectivity index is 2.56. The van der Waals surface area contributed by atoms with Crippen molar-refractivity contribution in [3.05, 3.63) is 30.1 Å². The average Bonchev–Trinajstić information content (AvgIpc) is 2.28. The highest BCUT2D eigenvalue weighted by Crippen LogP contribution is 2.02. The molecule has 1 unspecified atom stereocenters. The van der Waals surface area contributed by atoms with Crippen LogP contribution in [0.1, 0.15) is 12.6 Å². The maximum absolute atomic E-state index is 11.7. The second kappa shape index (κ2) is 5.46. The highest BCUT2D eigenvalue weighted by molar-refractivity contribution is 5.80. The molecule has 15 heavy (non-hydrogen) atoms. The molecule has 1 aromatic heterocycles. The minimum absolute atomic E-state index is 0.0387. The summed E-state index contributed by atoms with van der Waals surface area (Å²) in [5, 5.41) is 0. The highest BCUT2D eigenvalue weighted by Gasteiger charge is 2.16. The van der Waals surface area contributed by atoms with Gasteiger partial charge in [-0.3, -0.25) is 9.78 Å². The zero-order chi connectivity index (χ0) is 11.3. The van der Waals surface area contributed by atoms with E-state index in [0.717, 1.165) is 5.69 Å². The van der Waals surface area contributed by atoms with Crippen LogP contribution in [0.5, 0.6) is 0 Å². The molecule has 1 atom stereocenters. The predicted octanol–water partition coefficient (Wildman–Crippen LogP) is 1.07. The van der Waals surface area contributed by atoms with E-state index in [4.69, 9.17) is 4.74 Å². The van der Waals surface area contributed by atoms with Crippen LogP contribution in [0, 0.1) is 0 Å². The monoisotopic (exact) mass is 208 g/mol. The van der Waals surface area contributed by atoms with Crippen molar-refractivity contribution in [2.75, 3.05) is 14.2 Å². The number of likely N-dealkylation sites (N-methyl/N-ethyl adjacent to an activating group) is 1. The van der Waals surface area contributed by atoms with E-state index in [-0.39, 0.29) is 5.91 Å². The fourth-order valence-corrected chi connectivity index (χ4v) is 1.22. The Bertz CT molecular complexity index is 314. The van der Waals surface area contributed by atoms with E-state index >= 15 is 0 Å². The number of nitrogens with zero attached hydrogens (tertiary/aromatic N) is 2. The Morgan fingerprint density at radius 2 is 2.33 bits per heavy atom. The van der Waals surface area contributed by atoms with Crippen molar-refractivity contribution in [2.45, 2.75) is 19.6 Å². The van der Waals surface area contributed by atoms with Crippen LogP contribution in [0.3, 0.4) is 0 Å². The van der Waals surface area contributed by atoms with Gasteiger partial charge in [-0.25, -0.2) is 0 Å².